The third kappa shape index (κ3) is 3.60. The summed E-state index contributed by atoms with van der Waals surface area (Å²) in [5.74, 6) is 0.190. The number of benzene rings is 1. The van der Waals surface area contributed by atoms with Crippen LogP contribution in [0.3, 0.4) is 0 Å². The van der Waals surface area contributed by atoms with Crippen LogP contribution in [0.5, 0.6) is 5.75 Å². The van der Waals surface area contributed by atoms with Crippen molar-refractivity contribution in [2.75, 3.05) is 7.11 Å². The van der Waals surface area contributed by atoms with Gasteiger partial charge in [-0.05, 0) is 25.0 Å². The molecule has 1 aliphatic rings. The van der Waals surface area contributed by atoms with Gasteiger partial charge in [0, 0.05) is 11.1 Å². The third-order valence-electron chi connectivity index (χ3n) is 3.04. The Morgan fingerprint density at radius 3 is 2.63 bits per heavy atom. The van der Waals surface area contributed by atoms with Crippen LogP contribution in [0.1, 0.15) is 25.7 Å². The highest BCUT2D eigenvalue weighted by molar-refractivity contribution is 7.89. The smallest absolute Gasteiger partial charge is 0.266 e. The van der Waals surface area contributed by atoms with Crippen molar-refractivity contribution in [1.29, 1.82) is 0 Å². The lowest BCUT2D eigenvalue weighted by Crippen LogP contribution is -2.28. The lowest BCUT2D eigenvalue weighted by Gasteiger charge is -2.14. The molecule has 0 aliphatic heterocycles. The van der Waals surface area contributed by atoms with E-state index >= 15 is 0 Å². The van der Waals surface area contributed by atoms with E-state index in [1.54, 1.807) is 0 Å². The van der Waals surface area contributed by atoms with Gasteiger partial charge in [-0.1, -0.05) is 29.3 Å². The highest BCUT2D eigenvalue weighted by Gasteiger charge is 2.23. The van der Waals surface area contributed by atoms with Gasteiger partial charge in [-0.15, -0.1) is 0 Å². The van der Waals surface area contributed by atoms with Gasteiger partial charge in [0.25, 0.3) is 10.0 Å². The highest BCUT2D eigenvalue weighted by Crippen LogP contribution is 2.27. The molecule has 0 aromatic heterocycles. The van der Waals surface area contributed by atoms with Crippen LogP contribution in [0.2, 0.25) is 5.02 Å². The Morgan fingerprint density at radius 2 is 2.00 bits per heavy atom. The Hall–Kier alpha value is -0.820. The van der Waals surface area contributed by atoms with Crippen molar-refractivity contribution >= 4 is 21.6 Å². The molecular formula is C12H16ClNO4S. The van der Waals surface area contributed by atoms with Crippen LogP contribution in [0.25, 0.3) is 0 Å². The Labute approximate surface area is 117 Å². The molecule has 0 amide bonds. The largest absolute Gasteiger partial charge is 0.495 e. The first-order chi connectivity index (χ1) is 9.03. The number of nitrogens with one attached hydrogen (secondary N) is 1. The van der Waals surface area contributed by atoms with Crippen molar-refractivity contribution in [3.63, 3.8) is 0 Å². The molecular weight excluding hydrogens is 290 g/mol. The molecule has 1 saturated carbocycles. The molecule has 5 nitrogen and oxygen atoms in total. The molecule has 1 aromatic rings. The molecule has 0 radical (unpaired) electrons. The average Bonchev–Trinajstić information content (AvgIpc) is 2.89. The van der Waals surface area contributed by atoms with Crippen LogP contribution in [0.15, 0.2) is 23.1 Å². The fourth-order valence-corrected chi connectivity index (χ4v) is 3.21. The molecule has 2 rings (SSSR count). The highest BCUT2D eigenvalue weighted by atomic mass is 35.5. The second-order valence-electron chi connectivity index (χ2n) is 4.41. The molecule has 1 fully saturated rings. The molecule has 0 atom stereocenters. The molecule has 19 heavy (non-hydrogen) atoms. The Balaban J connectivity index is 2.14. The molecule has 1 aliphatic carbocycles. The summed E-state index contributed by atoms with van der Waals surface area (Å²) in [4.78, 5) is 7.40. The van der Waals surface area contributed by atoms with Crippen LogP contribution in [0, 0.1) is 0 Å². The summed E-state index contributed by atoms with van der Waals surface area (Å²) in [6.07, 6.45) is 3.83. The summed E-state index contributed by atoms with van der Waals surface area (Å²) < 4.78 is 29.3. The zero-order valence-corrected chi connectivity index (χ0v) is 12.1. The monoisotopic (exact) mass is 305 g/mol. The van der Waals surface area contributed by atoms with Gasteiger partial charge in [-0.25, -0.2) is 8.42 Å². The minimum Gasteiger partial charge on any atom is -0.495 e. The van der Waals surface area contributed by atoms with Gasteiger partial charge < -0.3 is 4.74 Å². The summed E-state index contributed by atoms with van der Waals surface area (Å²) in [6, 6.07) is 4.33. The van der Waals surface area contributed by atoms with Crippen LogP contribution in [0.4, 0.5) is 0 Å². The number of methoxy groups -OCH3 is 1. The maximum Gasteiger partial charge on any atom is 0.266 e. The number of hydrogen-bond acceptors (Lipinski definition) is 4. The van der Waals surface area contributed by atoms with E-state index in [0.29, 0.717) is 5.02 Å². The predicted octanol–water partition coefficient (Wildman–Crippen LogP) is 2.50. The fraction of sp³-hybridized carbons (Fsp3) is 0.500. The zero-order chi connectivity index (χ0) is 13.9. The van der Waals surface area contributed by atoms with E-state index in [4.69, 9.17) is 21.2 Å². The topological polar surface area (TPSA) is 64.6 Å². The lowest BCUT2D eigenvalue weighted by molar-refractivity contribution is 0.0223. The van der Waals surface area contributed by atoms with E-state index in [-0.39, 0.29) is 16.7 Å². The Kier molecular flexibility index (Phi) is 4.67. The van der Waals surface area contributed by atoms with E-state index < -0.39 is 10.0 Å². The van der Waals surface area contributed by atoms with Crippen LogP contribution in [-0.2, 0) is 14.9 Å². The molecule has 1 aromatic carbocycles. The number of hydrogen-bond donors (Lipinski definition) is 1. The third-order valence-corrected chi connectivity index (χ3v) is 4.51. The summed E-state index contributed by atoms with van der Waals surface area (Å²) in [7, 11) is -2.37. The van der Waals surface area contributed by atoms with E-state index in [9.17, 15) is 8.42 Å². The first-order valence-corrected chi connectivity index (χ1v) is 7.90. The van der Waals surface area contributed by atoms with Gasteiger partial charge in [0.2, 0.25) is 0 Å². The Morgan fingerprint density at radius 1 is 1.32 bits per heavy atom. The van der Waals surface area contributed by atoms with Crippen molar-refractivity contribution in [2.45, 2.75) is 36.7 Å². The Bertz CT molecular complexity index is 541. The molecule has 7 heteroatoms. The van der Waals surface area contributed by atoms with E-state index in [1.807, 2.05) is 0 Å². The normalized spacial score (nSPS) is 16.7. The van der Waals surface area contributed by atoms with Crippen LogP contribution in [-0.4, -0.2) is 21.6 Å². The molecule has 106 valence electrons. The number of rotatable bonds is 5. The van der Waals surface area contributed by atoms with Gasteiger partial charge in [0.1, 0.15) is 10.6 Å². The molecule has 0 heterocycles. The van der Waals surface area contributed by atoms with Gasteiger partial charge >= 0.3 is 0 Å². The van der Waals surface area contributed by atoms with Crippen molar-refractivity contribution < 1.29 is 18.0 Å². The van der Waals surface area contributed by atoms with Crippen molar-refractivity contribution in [2.24, 2.45) is 0 Å². The zero-order valence-electron chi connectivity index (χ0n) is 10.6. The molecule has 0 saturated heterocycles. The minimum atomic E-state index is -3.76. The number of halogens is 1. The van der Waals surface area contributed by atoms with Gasteiger partial charge in [-0.2, -0.15) is 0 Å². The van der Waals surface area contributed by atoms with Crippen molar-refractivity contribution in [3.05, 3.63) is 23.2 Å². The summed E-state index contributed by atoms with van der Waals surface area (Å²) in [6.45, 7) is 0. The van der Waals surface area contributed by atoms with Gasteiger partial charge in [0.05, 0.1) is 13.2 Å². The first kappa shape index (κ1) is 14.6. The minimum absolute atomic E-state index is 0.0115. The van der Waals surface area contributed by atoms with Gasteiger partial charge in [-0.3, -0.25) is 4.84 Å². The molecule has 1 N–H and O–H groups in total. The van der Waals surface area contributed by atoms with Crippen LogP contribution >= 0.6 is 11.6 Å². The lowest BCUT2D eigenvalue weighted by atomic mass is 10.3. The maximum atomic E-state index is 12.1. The van der Waals surface area contributed by atoms with E-state index in [0.717, 1.165) is 25.7 Å². The second-order valence-corrected chi connectivity index (χ2v) is 6.46. The molecule has 0 unspecified atom stereocenters. The summed E-state index contributed by atoms with van der Waals surface area (Å²) in [5, 5.41) is 0.410. The summed E-state index contributed by atoms with van der Waals surface area (Å²) >= 11 is 5.80. The van der Waals surface area contributed by atoms with Crippen LogP contribution < -0.4 is 9.62 Å². The summed E-state index contributed by atoms with van der Waals surface area (Å²) in [5.41, 5.74) is 0. The first-order valence-electron chi connectivity index (χ1n) is 6.04. The standard InChI is InChI=1S/C12H16ClNO4S/c1-17-11-8-9(13)6-7-12(11)19(15,16)14-18-10-4-2-3-5-10/h6-8,10,14H,2-5H2,1H3. The van der Waals surface area contributed by atoms with Gasteiger partial charge in [0.15, 0.2) is 0 Å². The van der Waals surface area contributed by atoms with Crippen molar-refractivity contribution in [1.82, 2.24) is 4.89 Å². The van der Waals surface area contributed by atoms with Crippen molar-refractivity contribution in [3.8, 4) is 5.75 Å². The van der Waals surface area contributed by atoms with E-state index in [1.165, 1.54) is 25.3 Å². The SMILES string of the molecule is COc1cc(Cl)ccc1S(=O)(=O)NOC1CCCC1. The predicted molar refractivity (Wildman–Crippen MR) is 71.7 cm³/mol. The molecule has 0 spiro atoms. The number of sulfonamides is 1. The quantitative estimate of drug-likeness (QED) is 0.849. The molecule has 0 bridgehead atoms. The van der Waals surface area contributed by atoms with E-state index in [2.05, 4.69) is 4.89 Å². The maximum absolute atomic E-state index is 12.1. The second kappa shape index (κ2) is 6.09. The number of ether oxygens (including phenoxy) is 1. The fourth-order valence-electron chi connectivity index (χ4n) is 2.05. The average molecular weight is 306 g/mol.